The van der Waals surface area contributed by atoms with Crippen LogP contribution in [0.15, 0.2) is 12.2 Å². The van der Waals surface area contributed by atoms with Crippen LogP contribution in [0.1, 0.15) is 82.1 Å². The second-order valence-electron chi connectivity index (χ2n) is 10.1. The zero-order valence-electron chi connectivity index (χ0n) is 21.1. The number of carbonyl (C=O) groups is 4. The first-order chi connectivity index (χ1) is 14.4. The molecular weight excluding hydrogens is 418 g/mol. The van der Waals surface area contributed by atoms with Crippen molar-refractivity contribution in [2.24, 2.45) is 0 Å². The molecule has 0 N–H and O–H groups in total. The van der Waals surface area contributed by atoms with Gasteiger partial charge in [0.05, 0.1) is 6.61 Å². The van der Waals surface area contributed by atoms with E-state index in [1.165, 1.54) is 12.2 Å². The van der Waals surface area contributed by atoms with E-state index < -0.39 is 47.0 Å². The minimum absolute atomic E-state index is 0.0106. The first-order valence-electron chi connectivity index (χ1n) is 10.7. The van der Waals surface area contributed by atoms with E-state index in [-0.39, 0.29) is 19.4 Å². The van der Waals surface area contributed by atoms with Gasteiger partial charge in [0.15, 0.2) is 0 Å². The lowest BCUT2D eigenvalue weighted by molar-refractivity contribution is -0.161. The summed E-state index contributed by atoms with van der Waals surface area (Å²) in [6.45, 7) is 16.8. The highest BCUT2D eigenvalue weighted by molar-refractivity contribution is 5.94. The third kappa shape index (κ3) is 13.0. The van der Waals surface area contributed by atoms with E-state index in [1.54, 1.807) is 69.2 Å². The number of ether oxygens (including phenoxy) is 4. The molecule has 9 nitrogen and oxygen atoms in total. The minimum atomic E-state index is -1.33. The second-order valence-corrected chi connectivity index (χ2v) is 10.1. The number of amides is 2. The van der Waals surface area contributed by atoms with Gasteiger partial charge in [-0.05, 0) is 82.1 Å². The maximum Gasteiger partial charge on any atom is 0.420 e. The molecule has 0 bridgehead atoms. The van der Waals surface area contributed by atoms with Crippen LogP contribution in [0.3, 0.4) is 0 Å². The second kappa shape index (κ2) is 11.9. The number of carbonyl (C=O) groups excluding carboxylic acids is 4. The Morgan fingerprint density at radius 3 is 1.59 bits per heavy atom. The van der Waals surface area contributed by atoms with Crippen molar-refractivity contribution in [3.05, 3.63) is 12.2 Å². The van der Waals surface area contributed by atoms with E-state index in [0.717, 1.165) is 0 Å². The van der Waals surface area contributed by atoms with E-state index >= 15 is 0 Å². The molecule has 32 heavy (non-hydrogen) atoms. The van der Waals surface area contributed by atoms with Gasteiger partial charge < -0.3 is 18.9 Å². The summed E-state index contributed by atoms with van der Waals surface area (Å²) in [5.74, 6) is -1.32. The Hall–Kier alpha value is -2.58. The van der Waals surface area contributed by atoms with Gasteiger partial charge >= 0.3 is 24.1 Å². The molecule has 184 valence electrons. The highest BCUT2D eigenvalue weighted by Crippen LogP contribution is 2.22. The van der Waals surface area contributed by atoms with Crippen LogP contribution in [0, 0.1) is 0 Å². The van der Waals surface area contributed by atoms with Gasteiger partial charge in [-0.1, -0.05) is 6.08 Å². The summed E-state index contributed by atoms with van der Waals surface area (Å²) in [5, 5.41) is 0. The van der Waals surface area contributed by atoms with Crippen LogP contribution in [0.25, 0.3) is 0 Å². The topological polar surface area (TPSA) is 108 Å². The zero-order valence-corrected chi connectivity index (χ0v) is 21.1. The Labute approximate surface area is 191 Å². The molecule has 0 saturated carbocycles. The third-order valence-electron chi connectivity index (χ3n) is 3.32. The van der Waals surface area contributed by atoms with Crippen LogP contribution in [-0.4, -0.2) is 58.5 Å². The highest BCUT2D eigenvalue weighted by Gasteiger charge is 2.41. The molecule has 0 saturated heterocycles. The molecule has 0 heterocycles. The molecule has 1 atom stereocenters. The summed E-state index contributed by atoms with van der Waals surface area (Å²) in [6, 6.07) is -1.33. The number of rotatable bonds is 7. The minimum Gasteiger partial charge on any atom is -0.463 e. The van der Waals surface area contributed by atoms with Crippen LogP contribution >= 0.6 is 0 Å². The van der Waals surface area contributed by atoms with Crippen LogP contribution in [0.5, 0.6) is 0 Å². The highest BCUT2D eigenvalue weighted by atomic mass is 16.6. The molecule has 0 aromatic heterocycles. The van der Waals surface area contributed by atoms with Gasteiger partial charge in [0.2, 0.25) is 0 Å². The van der Waals surface area contributed by atoms with Gasteiger partial charge in [-0.15, -0.1) is 0 Å². The maximum atomic E-state index is 13.0. The first kappa shape index (κ1) is 29.4. The Kier molecular flexibility index (Phi) is 10.9. The summed E-state index contributed by atoms with van der Waals surface area (Å²) in [7, 11) is 0. The zero-order chi connectivity index (χ0) is 25.3. The lowest BCUT2D eigenvalue weighted by atomic mass is 10.1. The van der Waals surface area contributed by atoms with Crippen LogP contribution in [0.2, 0.25) is 0 Å². The van der Waals surface area contributed by atoms with E-state index in [0.29, 0.717) is 4.90 Å². The molecule has 2 amide bonds. The smallest absolute Gasteiger partial charge is 0.420 e. The Morgan fingerprint density at radius 2 is 1.22 bits per heavy atom. The van der Waals surface area contributed by atoms with E-state index in [2.05, 4.69) is 0 Å². The number of nitrogens with zero attached hydrogens (tertiary/aromatic N) is 1. The Balaban J connectivity index is 6.00. The molecule has 0 aromatic rings. The van der Waals surface area contributed by atoms with Gasteiger partial charge in [0, 0.05) is 6.08 Å². The molecule has 9 heteroatoms. The average Bonchev–Trinajstić information content (AvgIpc) is 2.52. The average molecular weight is 458 g/mol. The molecule has 0 spiro atoms. The quantitative estimate of drug-likeness (QED) is 0.306. The number of hydrogen-bond acceptors (Lipinski definition) is 8. The SMILES string of the molecule is CCOC(=O)C=CCCC(C(=O)OC(C)(C)C)N(C(=O)OC(C)(C)C)C(=O)OC(C)(C)C. The van der Waals surface area contributed by atoms with Gasteiger partial charge in [0.1, 0.15) is 22.8 Å². The number of hydrogen-bond donors (Lipinski definition) is 0. The fraction of sp³-hybridized carbons (Fsp3) is 0.739. The monoisotopic (exact) mass is 457 g/mol. The molecule has 0 aliphatic rings. The van der Waals surface area contributed by atoms with Crippen molar-refractivity contribution in [1.82, 2.24) is 4.90 Å². The van der Waals surface area contributed by atoms with Crippen molar-refractivity contribution in [3.63, 3.8) is 0 Å². The molecule has 0 aliphatic heterocycles. The summed E-state index contributed by atoms with van der Waals surface area (Å²) < 4.78 is 21.0. The van der Waals surface area contributed by atoms with Gasteiger partial charge in [-0.2, -0.15) is 4.90 Å². The normalized spacial score (nSPS) is 13.3. The molecule has 0 aromatic carbocycles. The molecular formula is C23H39NO8. The summed E-state index contributed by atoms with van der Waals surface area (Å²) >= 11 is 0. The largest absolute Gasteiger partial charge is 0.463 e. The van der Waals surface area contributed by atoms with Crippen molar-refractivity contribution < 1.29 is 38.1 Å². The van der Waals surface area contributed by atoms with Crippen molar-refractivity contribution in [2.45, 2.75) is 105 Å². The Morgan fingerprint density at radius 1 is 0.781 bits per heavy atom. The van der Waals surface area contributed by atoms with Gasteiger partial charge in [-0.3, -0.25) is 0 Å². The molecule has 1 unspecified atom stereocenters. The van der Waals surface area contributed by atoms with E-state index in [4.69, 9.17) is 18.9 Å². The maximum absolute atomic E-state index is 13.0. The lowest BCUT2D eigenvalue weighted by Gasteiger charge is -2.33. The predicted molar refractivity (Wildman–Crippen MR) is 119 cm³/mol. The Bertz CT molecular complexity index is 664. The first-order valence-corrected chi connectivity index (χ1v) is 10.7. The van der Waals surface area contributed by atoms with E-state index in [9.17, 15) is 19.2 Å². The van der Waals surface area contributed by atoms with Crippen LogP contribution < -0.4 is 0 Å². The number of esters is 2. The lowest BCUT2D eigenvalue weighted by Crippen LogP contribution is -2.53. The predicted octanol–water partition coefficient (Wildman–Crippen LogP) is 4.77. The van der Waals surface area contributed by atoms with Crippen molar-refractivity contribution >= 4 is 24.1 Å². The van der Waals surface area contributed by atoms with Crippen molar-refractivity contribution in [1.29, 1.82) is 0 Å². The number of imide groups is 1. The van der Waals surface area contributed by atoms with Gasteiger partial charge in [-0.25, -0.2) is 19.2 Å². The summed E-state index contributed by atoms with van der Waals surface area (Å²) in [5.41, 5.74) is -2.69. The molecule has 0 rings (SSSR count). The van der Waals surface area contributed by atoms with Crippen LogP contribution in [-0.2, 0) is 28.5 Å². The summed E-state index contributed by atoms with van der Waals surface area (Å²) in [4.78, 5) is 51.0. The molecule has 0 radical (unpaired) electrons. The molecule has 0 aliphatic carbocycles. The number of allylic oxidation sites excluding steroid dienone is 1. The standard InChI is InChI=1S/C23H39NO8/c1-11-29-17(25)15-13-12-14-16(18(26)30-21(2,3)4)24(19(27)31-22(5,6)7)20(28)32-23(8,9)10/h13,15-16H,11-12,14H2,1-10H3. The van der Waals surface area contributed by atoms with Gasteiger partial charge in [0.25, 0.3) is 0 Å². The van der Waals surface area contributed by atoms with Crippen molar-refractivity contribution in [3.8, 4) is 0 Å². The van der Waals surface area contributed by atoms with Crippen LogP contribution in [0.4, 0.5) is 9.59 Å². The fourth-order valence-electron chi connectivity index (χ4n) is 2.30. The third-order valence-corrected chi connectivity index (χ3v) is 3.32. The van der Waals surface area contributed by atoms with Crippen molar-refractivity contribution in [2.75, 3.05) is 6.61 Å². The van der Waals surface area contributed by atoms with E-state index in [1.807, 2.05) is 0 Å². The summed E-state index contributed by atoms with van der Waals surface area (Å²) in [6.07, 6.45) is 0.834. The fourth-order valence-corrected chi connectivity index (χ4v) is 2.30. The molecule has 0 fully saturated rings.